The number of nitrogens with one attached hydrogen (secondary N) is 1. The largest absolute Gasteiger partial charge is 0.508 e. The van der Waals surface area contributed by atoms with E-state index in [-0.39, 0.29) is 68.9 Å². The van der Waals surface area contributed by atoms with Gasteiger partial charge in [0.15, 0.2) is 11.8 Å². The number of phenolic OH excluding ortho intramolecular Hbond substituents is 1. The first-order chi connectivity index (χ1) is 28.4. The van der Waals surface area contributed by atoms with E-state index in [0.717, 1.165) is 25.7 Å². The molecule has 0 bridgehead atoms. The van der Waals surface area contributed by atoms with Crippen molar-refractivity contribution in [3.63, 3.8) is 0 Å². The number of nitrogens with two attached hydrogens (primary N) is 1. The summed E-state index contributed by atoms with van der Waals surface area (Å²) in [7, 11) is 3.26. The number of aromatic nitrogens is 4. The summed E-state index contributed by atoms with van der Waals surface area (Å²) in [6.45, 7) is 4.13. The molecule has 6 aliphatic rings. The molecule has 4 aliphatic heterocycles. The number of phenols is 1. The molecule has 2 aromatic heterocycles. The van der Waals surface area contributed by atoms with Crippen molar-refractivity contribution in [1.29, 1.82) is 0 Å². The summed E-state index contributed by atoms with van der Waals surface area (Å²) in [5.74, 6) is 0.472. The number of aliphatic imine (C=N–C) groups is 1. The molecule has 60 heavy (non-hydrogen) atoms. The zero-order valence-corrected chi connectivity index (χ0v) is 32.6. The van der Waals surface area contributed by atoms with Gasteiger partial charge in [-0.05, 0) is 92.8 Å². The van der Waals surface area contributed by atoms with Crippen LogP contribution >= 0.6 is 0 Å². The number of guanidine groups is 1. The molecule has 6 atom stereocenters. The van der Waals surface area contributed by atoms with E-state index in [2.05, 4.69) is 32.0 Å². The quantitative estimate of drug-likeness (QED) is 0.219. The van der Waals surface area contributed by atoms with E-state index >= 15 is 4.39 Å². The molecule has 2 aromatic carbocycles. The average Bonchev–Trinajstić information content (AvgIpc) is 4.19. The predicted octanol–water partition coefficient (Wildman–Crippen LogP) is 5.35. The van der Waals surface area contributed by atoms with Crippen LogP contribution in [0.5, 0.6) is 17.2 Å². The maximum Gasteiger partial charge on any atom is 0.235 e. The van der Waals surface area contributed by atoms with Crippen molar-refractivity contribution in [3.05, 3.63) is 103 Å². The number of carbonyl (C=O) groups is 2. The molecule has 0 spiro atoms. The number of benzene rings is 2. The molecule has 4 N–H and O–H groups in total. The van der Waals surface area contributed by atoms with Gasteiger partial charge in [-0.15, -0.1) is 0 Å². The lowest BCUT2D eigenvalue weighted by atomic mass is 9.71. The second-order valence-corrected chi connectivity index (χ2v) is 16.3. The molecule has 2 amide bonds. The van der Waals surface area contributed by atoms with Crippen molar-refractivity contribution >= 4 is 17.8 Å². The first-order valence-corrected chi connectivity index (χ1v) is 19.8. The first-order valence-electron chi connectivity index (χ1n) is 19.8. The normalized spacial score (nSPS) is 28.6. The van der Waals surface area contributed by atoms with Gasteiger partial charge in [-0.3, -0.25) is 14.5 Å². The van der Waals surface area contributed by atoms with Crippen LogP contribution in [-0.4, -0.2) is 91.9 Å². The van der Waals surface area contributed by atoms with Crippen molar-refractivity contribution in [2.24, 2.45) is 34.4 Å². The highest BCUT2D eigenvalue weighted by Crippen LogP contribution is 2.51. The summed E-state index contributed by atoms with van der Waals surface area (Å²) in [6.07, 6.45) is 9.95. The minimum atomic E-state index is -1.26. The highest BCUT2D eigenvalue weighted by Gasteiger charge is 2.58. The standard InChI is InChI=1S/C24H24FN7O3.C18H21FN2O3.CH4.H2/c1-31-22(33)18-10-20(14-2-3-14)34-11-24(18,30-23(31)26)17-8-15(4-5-19(17)25)35-16-6-7-28-21(9-16)32-13-27-12-29-32;1-10-20-18(13-7-12(22)5-6-15(13)19)9-24-16(11-3-4-11)8-14(18)17(23)21(10)2;;/h4-9,12-14,18,20H,2-3,10-11H2,1H3,(H2,26,30);5-7,11,14,16,20,22H,1,3-4,8-9H2,2H3;1H4;1H/t18-,20+,24+;14-,16+,18+;;/m00../s1. The second-order valence-electron chi connectivity index (χ2n) is 16.3. The Hall–Kier alpha value is -5.94. The van der Waals surface area contributed by atoms with E-state index in [1.54, 1.807) is 38.5 Å². The van der Waals surface area contributed by atoms with E-state index in [4.69, 9.17) is 19.9 Å². The smallest absolute Gasteiger partial charge is 0.235 e. The van der Waals surface area contributed by atoms with Crippen LogP contribution in [0.15, 0.2) is 84.8 Å². The number of halogens is 2. The Kier molecular flexibility index (Phi) is 10.6. The fraction of sp³-hybridized carbons (Fsp3) is 0.442. The molecule has 17 heteroatoms. The van der Waals surface area contributed by atoms with E-state index in [0.29, 0.717) is 47.8 Å². The van der Waals surface area contributed by atoms with Gasteiger partial charge >= 0.3 is 0 Å². The van der Waals surface area contributed by atoms with E-state index < -0.39 is 34.5 Å². The Bertz CT molecular complexity index is 2350. The van der Waals surface area contributed by atoms with Crippen LogP contribution in [0.4, 0.5) is 8.78 Å². The fourth-order valence-electron chi connectivity index (χ4n) is 8.91. The van der Waals surface area contributed by atoms with Crippen LogP contribution in [0.3, 0.4) is 0 Å². The van der Waals surface area contributed by atoms with Crippen molar-refractivity contribution in [2.45, 2.75) is 69.2 Å². The van der Waals surface area contributed by atoms with Gasteiger partial charge in [-0.2, -0.15) is 5.10 Å². The van der Waals surface area contributed by atoms with E-state index in [1.165, 1.54) is 57.5 Å². The fourth-order valence-corrected chi connectivity index (χ4v) is 8.91. The molecule has 318 valence electrons. The Morgan fingerprint density at radius 1 is 0.900 bits per heavy atom. The monoisotopic (exact) mass is 827 g/mol. The molecule has 2 aliphatic carbocycles. The van der Waals surface area contributed by atoms with Crippen molar-refractivity contribution < 1.29 is 39.1 Å². The van der Waals surface area contributed by atoms with E-state index in [1.807, 2.05) is 0 Å². The van der Waals surface area contributed by atoms with Gasteiger partial charge in [0.05, 0.1) is 37.3 Å². The van der Waals surface area contributed by atoms with Crippen molar-refractivity contribution in [2.75, 3.05) is 27.3 Å². The zero-order chi connectivity index (χ0) is 41.2. The van der Waals surface area contributed by atoms with Crippen LogP contribution in [0.25, 0.3) is 5.82 Å². The third-order valence-electron chi connectivity index (χ3n) is 12.6. The molecule has 0 unspecified atom stereocenters. The predicted molar refractivity (Wildman–Crippen MR) is 216 cm³/mol. The molecule has 4 aromatic rings. The minimum absolute atomic E-state index is 0. The number of aromatic hydroxyl groups is 1. The molecule has 6 heterocycles. The summed E-state index contributed by atoms with van der Waals surface area (Å²) < 4.78 is 49.7. The Balaban J connectivity index is 0.000000190. The molecule has 5 fully saturated rings. The molecule has 15 nitrogen and oxygen atoms in total. The zero-order valence-electron chi connectivity index (χ0n) is 32.6. The molecule has 3 saturated heterocycles. The number of hydrogen-bond donors (Lipinski definition) is 3. The lowest BCUT2D eigenvalue weighted by Gasteiger charge is -2.52. The van der Waals surface area contributed by atoms with Gasteiger partial charge in [0.2, 0.25) is 11.8 Å². The number of pyridine rings is 1. The number of rotatable bonds is 7. The lowest BCUT2D eigenvalue weighted by molar-refractivity contribution is -0.155. The maximum absolute atomic E-state index is 15.4. The summed E-state index contributed by atoms with van der Waals surface area (Å²) in [5, 5.41) is 17.1. The number of ether oxygens (including phenoxy) is 3. The average molecular weight is 828 g/mol. The number of nitrogens with zero attached hydrogens (tertiary/aromatic N) is 7. The Morgan fingerprint density at radius 3 is 2.25 bits per heavy atom. The third-order valence-corrected chi connectivity index (χ3v) is 12.6. The van der Waals surface area contributed by atoms with Crippen LogP contribution < -0.4 is 15.8 Å². The maximum atomic E-state index is 15.4. The number of carbonyl (C=O) groups excluding carboxylic acids is 2. The summed E-state index contributed by atoms with van der Waals surface area (Å²) in [6, 6.07) is 11.7. The van der Waals surface area contributed by atoms with Crippen molar-refractivity contribution in [1.82, 2.24) is 34.9 Å². The van der Waals surface area contributed by atoms with Crippen LogP contribution in [0.2, 0.25) is 0 Å². The number of amides is 2. The van der Waals surface area contributed by atoms with Crippen LogP contribution in [0.1, 0.15) is 58.5 Å². The summed E-state index contributed by atoms with van der Waals surface area (Å²) in [4.78, 5) is 41.9. The van der Waals surface area contributed by atoms with Gasteiger partial charge in [0, 0.05) is 38.9 Å². The molecule has 2 saturated carbocycles. The lowest BCUT2D eigenvalue weighted by Crippen LogP contribution is -2.66. The molecular weight excluding hydrogens is 777 g/mol. The molecule has 0 radical (unpaired) electrons. The van der Waals surface area contributed by atoms with Crippen LogP contribution in [-0.2, 0) is 30.1 Å². The number of hydrogen-bond acceptors (Lipinski definition) is 12. The summed E-state index contributed by atoms with van der Waals surface area (Å²) >= 11 is 0. The molecular formula is C43H51F2N9O6. The van der Waals surface area contributed by atoms with Gasteiger partial charge < -0.3 is 35.3 Å². The van der Waals surface area contributed by atoms with Crippen LogP contribution in [0, 0.1) is 35.3 Å². The van der Waals surface area contributed by atoms with Gasteiger partial charge in [-0.1, -0.05) is 14.0 Å². The third kappa shape index (κ3) is 7.23. The first kappa shape index (κ1) is 40.8. The SMILES string of the molecule is C.C=C1N[C@@]2(c3cc(O)ccc3F)CO[C@@H](C3CC3)C[C@H]2C(=O)N1C.CN1C(=O)[C@@H]2C[C@H](C3CC3)OC[C@]2(c2cc(Oc3ccnc(-n4cncn4)c3)ccc2F)N=C1N.[HH]. The Labute approximate surface area is 347 Å². The second kappa shape index (κ2) is 15.6. The highest BCUT2D eigenvalue weighted by molar-refractivity contribution is 6.00. The molecule has 10 rings (SSSR count). The topological polar surface area (TPSA) is 183 Å². The van der Waals surface area contributed by atoms with Gasteiger partial charge in [0.25, 0.3) is 0 Å². The van der Waals surface area contributed by atoms with Crippen molar-refractivity contribution in [3.8, 4) is 23.1 Å². The number of fused-ring (bicyclic) bond motifs is 2. The van der Waals surface area contributed by atoms with Gasteiger partial charge in [0.1, 0.15) is 58.4 Å². The van der Waals surface area contributed by atoms with E-state index in [9.17, 15) is 19.1 Å². The summed E-state index contributed by atoms with van der Waals surface area (Å²) in [5.41, 5.74) is 4.30. The Morgan fingerprint density at radius 2 is 1.55 bits per heavy atom. The highest BCUT2D eigenvalue weighted by atomic mass is 19.1. The van der Waals surface area contributed by atoms with Gasteiger partial charge in [-0.25, -0.2) is 28.4 Å². The minimum Gasteiger partial charge on any atom is -0.508 e.